The van der Waals surface area contributed by atoms with Crippen LogP contribution in [0.25, 0.3) is 0 Å². The van der Waals surface area contributed by atoms with Crippen molar-refractivity contribution in [2.24, 2.45) is 0 Å². The molecular weight excluding hydrogens is 169 g/mol. The Labute approximate surface area is 75.2 Å². The molecule has 0 spiro atoms. The van der Waals surface area contributed by atoms with Gasteiger partial charge in [-0.25, -0.2) is 4.39 Å². The minimum absolute atomic E-state index is 0.0628. The van der Waals surface area contributed by atoms with Crippen molar-refractivity contribution in [3.63, 3.8) is 0 Å². The second-order valence-electron chi connectivity index (χ2n) is 3.20. The summed E-state index contributed by atoms with van der Waals surface area (Å²) in [6.45, 7) is 0. The molecule has 66 valence electrons. The highest BCUT2D eigenvalue weighted by Gasteiger charge is 2.22. The number of aliphatic hydroxyl groups excluding tert-OH is 1. The number of nitriles is 1. The van der Waals surface area contributed by atoms with Gasteiger partial charge in [0.2, 0.25) is 0 Å². The first-order valence-electron chi connectivity index (χ1n) is 4.13. The maximum atomic E-state index is 13.1. The lowest BCUT2D eigenvalue weighted by atomic mass is 10.1. The van der Waals surface area contributed by atoms with Gasteiger partial charge >= 0.3 is 0 Å². The highest BCUT2D eigenvalue weighted by atomic mass is 19.1. The number of aliphatic hydroxyl groups is 1. The summed E-state index contributed by atoms with van der Waals surface area (Å²) in [5.74, 6) is -0.540. The second kappa shape index (κ2) is 2.82. The number of aryl methyl sites for hydroxylation is 1. The van der Waals surface area contributed by atoms with Gasteiger partial charge in [-0.1, -0.05) is 0 Å². The summed E-state index contributed by atoms with van der Waals surface area (Å²) >= 11 is 0. The van der Waals surface area contributed by atoms with E-state index in [0.717, 1.165) is 12.0 Å². The molecule has 1 unspecified atom stereocenters. The van der Waals surface area contributed by atoms with E-state index in [1.54, 1.807) is 6.07 Å². The Kier molecular flexibility index (Phi) is 1.78. The SMILES string of the molecule is N#Cc1cc2c(cc1F)C(O)CC2. The van der Waals surface area contributed by atoms with Gasteiger partial charge in [-0.3, -0.25) is 0 Å². The lowest BCUT2D eigenvalue weighted by Crippen LogP contribution is -1.93. The van der Waals surface area contributed by atoms with Gasteiger partial charge in [0.25, 0.3) is 0 Å². The molecule has 1 N–H and O–H groups in total. The predicted octanol–water partition coefficient (Wildman–Crippen LogP) is 1.68. The fourth-order valence-electron chi connectivity index (χ4n) is 1.69. The number of hydrogen-bond acceptors (Lipinski definition) is 2. The van der Waals surface area contributed by atoms with Crippen molar-refractivity contribution < 1.29 is 9.50 Å². The van der Waals surface area contributed by atoms with E-state index in [-0.39, 0.29) is 5.56 Å². The molecule has 1 aromatic rings. The summed E-state index contributed by atoms with van der Waals surface area (Å²) in [6.07, 6.45) is 0.798. The van der Waals surface area contributed by atoms with Crippen molar-refractivity contribution in [3.05, 3.63) is 34.6 Å². The molecule has 0 heterocycles. The van der Waals surface area contributed by atoms with Crippen LogP contribution in [0.2, 0.25) is 0 Å². The minimum Gasteiger partial charge on any atom is -0.388 e. The standard InChI is InChI=1S/C10H8FNO/c11-9-4-8-6(1-2-10(8)13)3-7(9)5-12/h3-4,10,13H,1-2H2. The largest absolute Gasteiger partial charge is 0.388 e. The summed E-state index contributed by atoms with van der Waals surface area (Å²) in [5, 5.41) is 18.0. The molecule has 1 aromatic carbocycles. The minimum atomic E-state index is -0.558. The van der Waals surface area contributed by atoms with E-state index in [4.69, 9.17) is 5.26 Å². The van der Waals surface area contributed by atoms with Crippen LogP contribution in [0.5, 0.6) is 0 Å². The van der Waals surface area contributed by atoms with Crippen LogP contribution in [0.3, 0.4) is 0 Å². The Bertz CT molecular complexity index is 395. The van der Waals surface area contributed by atoms with Crippen molar-refractivity contribution in [2.45, 2.75) is 18.9 Å². The van der Waals surface area contributed by atoms with Gasteiger partial charge in [0.05, 0.1) is 11.7 Å². The van der Waals surface area contributed by atoms with Crippen LogP contribution >= 0.6 is 0 Å². The molecule has 0 fully saturated rings. The molecule has 1 aliphatic carbocycles. The Morgan fingerprint density at radius 1 is 1.54 bits per heavy atom. The first-order valence-corrected chi connectivity index (χ1v) is 4.13. The molecule has 0 amide bonds. The third kappa shape index (κ3) is 1.20. The first-order chi connectivity index (χ1) is 6.22. The van der Waals surface area contributed by atoms with Crippen LogP contribution in [-0.4, -0.2) is 5.11 Å². The number of nitrogens with zero attached hydrogens (tertiary/aromatic N) is 1. The van der Waals surface area contributed by atoms with E-state index < -0.39 is 11.9 Å². The summed E-state index contributed by atoms with van der Waals surface area (Å²) in [5.41, 5.74) is 1.59. The van der Waals surface area contributed by atoms with Crippen LogP contribution in [0, 0.1) is 17.1 Å². The van der Waals surface area contributed by atoms with Crippen LogP contribution in [0.1, 0.15) is 29.2 Å². The molecule has 0 saturated carbocycles. The van der Waals surface area contributed by atoms with Gasteiger partial charge in [-0.15, -0.1) is 0 Å². The van der Waals surface area contributed by atoms with Gasteiger partial charge in [-0.2, -0.15) is 5.26 Å². The molecule has 2 nitrogen and oxygen atoms in total. The molecule has 0 bridgehead atoms. The van der Waals surface area contributed by atoms with Crippen LogP contribution in [0.4, 0.5) is 4.39 Å². The van der Waals surface area contributed by atoms with Crippen molar-refractivity contribution in [2.75, 3.05) is 0 Å². The predicted molar refractivity (Wildman–Crippen MR) is 44.4 cm³/mol. The maximum Gasteiger partial charge on any atom is 0.141 e. The lowest BCUT2D eigenvalue weighted by molar-refractivity contribution is 0.179. The molecule has 0 aromatic heterocycles. The van der Waals surface area contributed by atoms with E-state index >= 15 is 0 Å². The lowest BCUT2D eigenvalue weighted by Gasteiger charge is -2.03. The average Bonchev–Trinajstić information content (AvgIpc) is 2.47. The fraction of sp³-hybridized carbons (Fsp3) is 0.300. The summed E-state index contributed by atoms with van der Waals surface area (Å²) in [6, 6.07) is 4.58. The quantitative estimate of drug-likeness (QED) is 0.655. The van der Waals surface area contributed by atoms with Crippen molar-refractivity contribution in [1.29, 1.82) is 5.26 Å². The van der Waals surface area contributed by atoms with Crippen molar-refractivity contribution in [1.82, 2.24) is 0 Å². The van der Waals surface area contributed by atoms with E-state index in [0.29, 0.717) is 12.0 Å². The molecule has 3 heteroatoms. The van der Waals surface area contributed by atoms with E-state index in [2.05, 4.69) is 0 Å². The molecule has 1 atom stereocenters. The van der Waals surface area contributed by atoms with E-state index in [1.807, 2.05) is 0 Å². The summed E-state index contributed by atoms with van der Waals surface area (Å²) in [4.78, 5) is 0. The highest BCUT2D eigenvalue weighted by molar-refractivity contribution is 5.42. The number of halogens is 1. The topological polar surface area (TPSA) is 44.0 Å². The van der Waals surface area contributed by atoms with Crippen LogP contribution < -0.4 is 0 Å². The Morgan fingerprint density at radius 3 is 3.00 bits per heavy atom. The van der Waals surface area contributed by atoms with Crippen molar-refractivity contribution >= 4 is 0 Å². The normalized spacial score (nSPS) is 19.6. The van der Waals surface area contributed by atoms with Crippen molar-refractivity contribution in [3.8, 4) is 6.07 Å². The van der Waals surface area contributed by atoms with Gasteiger partial charge < -0.3 is 5.11 Å². The number of rotatable bonds is 0. The molecule has 2 rings (SSSR count). The maximum absolute atomic E-state index is 13.1. The summed E-state index contributed by atoms with van der Waals surface area (Å²) < 4.78 is 13.1. The van der Waals surface area contributed by atoms with Gasteiger partial charge in [0, 0.05) is 0 Å². The number of benzene rings is 1. The Morgan fingerprint density at radius 2 is 2.31 bits per heavy atom. The number of hydrogen-bond donors (Lipinski definition) is 1. The average molecular weight is 177 g/mol. The van der Waals surface area contributed by atoms with Gasteiger partial charge in [0.15, 0.2) is 0 Å². The molecule has 0 aliphatic heterocycles. The van der Waals surface area contributed by atoms with Gasteiger partial charge in [-0.05, 0) is 36.1 Å². The van der Waals surface area contributed by atoms with Crippen LogP contribution in [0.15, 0.2) is 12.1 Å². The zero-order valence-electron chi connectivity index (χ0n) is 6.92. The monoisotopic (exact) mass is 177 g/mol. The third-order valence-corrected chi connectivity index (χ3v) is 2.40. The molecule has 1 aliphatic rings. The van der Waals surface area contributed by atoms with E-state index in [1.165, 1.54) is 12.1 Å². The fourth-order valence-corrected chi connectivity index (χ4v) is 1.69. The smallest absolute Gasteiger partial charge is 0.141 e. The number of fused-ring (bicyclic) bond motifs is 1. The van der Waals surface area contributed by atoms with E-state index in [9.17, 15) is 9.50 Å². The Balaban J connectivity index is 2.58. The molecule has 13 heavy (non-hydrogen) atoms. The Hall–Kier alpha value is -1.40. The van der Waals surface area contributed by atoms with Gasteiger partial charge in [0.1, 0.15) is 11.9 Å². The second-order valence-corrected chi connectivity index (χ2v) is 3.20. The zero-order valence-corrected chi connectivity index (χ0v) is 6.92. The molecule has 0 saturated heterocycles. The zero-order chi connectivity index (χ0) is 9.42. The first kappa shape index (κ1) is 8.21. The molecule has 0 radical (unpaired) electrons. The molecular formula is C10H8FNO. The highest BCUT2D eigenvalue weighted by Crippen LogP contribution is 2.32. The van der Waals surface area contributed by atoms with Crippen LogP contribution in [-0.2, 0) is 6.42 Å². The third-order valence-electron chi connectivity index (χ3n) is 2.40. The summed E-state index contributed by atoms with van der Waals surface area (Å²) in [7, 11) is 0.